The van der Waals surface area contributed by atoms with Gasteiger partial charge in [0.25, 0.3) is 0 Å². The van der Waals surface area contributed by atoms with Crippen molar-refractivity contribution in [2.24, 2.45) is 23.7 Å². The van der Waals surface area contributed by atoms with E-state index in [2.05, 4.69) is 5.32 Å². The molecule has 0 bridgehead atoms. The maximum absolute atomic E-state index is 3.56. The third-order valence-corrected chi connectivity index (χ3v) is 4.30. The fraction of sp³-hybridized carbons (Fsp3) is 1.00. The first kappa shape index (κ1) is 6.47. The summed E-state index contributed by atoms with van der Waals surface area (Å²) in [5, 5.41) is 3.56. The standard InChI is InChI=1S/C10H17N/c1-2-7-8-3-4-9(8)10(7)6-11-5-1/h7-11H,1-6H2. The molecule has 4 unspecified atom stereocenters. The van der Waals surface area contributed by atoms with Crippen LogP contribution in [0.15, 0.2) is 0 Å². The van der Waals surface area contributed by atoms with Crippen molar-refractivity contribution in [2.45, 2.75) is 25.7 Å². The molecule has 2 saturated carbocycles. The minimum atomic E-state index is 1.09. The van der Waals surface area contributed by atoms with Crippen LogP contribution < -0.4 is 5.32 Å². The van der Waals surface area contributed by atoms with Crippen LogP contribution in [0, 0.1) is 23.7 Å². The molecule has 0 spiro atoms. The average molecular weight is 151 g/mol. The molecule has 0 aromatic heterocycles. The molecular weight excluding hydrogens is 134 g/mol. The zero-order chi connectivity index (χ0) is 7.26. The van der Waals surface area contributed by atoms with E-state index >= 15 is 0 Å². The van der Waals surface area contributed by atoms with Crippen molar-refractivity contribution in [3.63, 3.8) is 0 Å². The van der Waals surface area contributed by atoms with E-state index in [-0.39, 0.29) is 0 Å². The molecule has 3 aliphatic rings. The fourth-order valence-electron chi connectivity index (χ4n) is 3.57. The molecule has 1 heteroatoms. The van der Waals surface area contributed by atoms with Gasteiger partial charge >= 0.3 is 0 Å². The first-order chi connectivity index (χ1) is 5.47. The largest absolute Gasteiger partial charge is 0.316 e. The summed E-state index contributed by atoms with van der Waals surface area (Å²) >= 11 is 0. The summed E-state index contributed by atoms with van der Waals surface area (Å²) in [5.74, 6) is 4.57. The monoisotopic (exact) mass is 151 g/mol. The molecule has 3 rings (SSSR count). The van der Waals surface area contributed by atoms with Gasteiger partial charge in [-0.15, -0.1) is 0 Å². The van der Waals surface area contributed by atoms with Gasteiger partial charge in [-0.1, -0.05) is 0 Å². The molecule has 3 fully saturated rings. The number of hydrogen-bond donors (Lipinski definition) is 1. The molecule has 0 amide bonds. The lowest BCUT2D eigenvalue weighted by Crippen LogP contribution is -2.55. The Morgan fingerprint density at radius 2 is 1.55 bits per heavy atom. The van der Waals surface area contributed by atoms with E-state index in [1.165, 1.54) is 31.8 Å². The van der Waals surface area contributed by atoms with Crippen molar-refractivity contribution in [3.05, 3.63) is 0 Å². The summed E-state index contributed by atoms with van der Waals surface area (Å²) in [6.45, 7) is 2.62. The second-order valence-electron chi connectivity index (χ2n) is 4.58. The predicted molar refractivity (Wildman–Crippen MR) is 45.3 cm³/mol. The van der Waals surface area contributed by atoms with Gasteiger partial charge in [-0.05, 0) is 62.4 Å². The van der Waals surface area contributed by atoms with E-state index in [0.717, 1.165) is 17.8 Å². The van der Waals surface area contributed by atoms with Crippen molar-refractivity contribution < 1.29 is 0 Å². The maximum Gasteiger partial charge on any atom is -0.00150 e. The first-order valence-electron chi connectivity index (χ1n) is 5.17. The van der Waals surface area contributed by atoms with Crippen molar-refractivity contribution >= 4 is 0 Å². The van der Waals surface area contributed by atoms with E-state index in [1.807, 2.05) is 0 Å². The third-order valence-electron chi connectivity index (χ3n) is 4.30. The topological polar surface area (TPSA) is 12.0 Å². The SMILES string of the molecule is C1CNCC2C(C1)C1CCC12. The second-order valence-corrected chi connectivity index (χ2v) is 4.58. The zero-order valence-corrected chi connectivity index (χ0v) is 7.05. The number of rotatable bonds is 0. The number of hydrogen-bond acceptors (Lipinski definition) is 1. The molecule has 1 saturated heterocycles. The Morgan fingerprint density at radius 3 is 2.36 bits per heavy atom. The molecule has 2 aliphatic carbocycles. The van der Waals surface area contributed by atoms with Gasteiger partial charge in [0, 0.05) is 0 Å². The molecule has 11 heavy (non-hydrogen) atoms. The van der Waals surface area contributed by atoms with Crippen LogP contribution in [0.25, 0.3) is 0 Å². The summed E-state index contributed by atoms with van der Waals surface area (Å²) in [4.78, 5) is 0. The third kappa shape index (κ3) is 0.752. The van der Waals surface area contributed by atoms with Gasteiger partial charge < -0.3 is 5.32 Å². The van der Waals surface area contributed by atoms with Gasteiger partial charge in [-0.2, -0.15) is 0 Å². The van der Waals surface area contributed by atoms with Gasteiger partial charge in [0.2, 0.25) is 0 Å². The first-order valence-corrected chi connectivity index (χ1v) is 5.17. The van der Waals surface area contributed by atoms with Gasteiger partial charge in [0.05, 0.1) is 0 Å². The quantitative estimate of drug-likeness (QED) is 0.555. The Morgan fingerprint density at radius 1 is 0.818 bits per heavy atom. The summed E-state index contributed by atoms with van der Waals surface area (Å²) in [6, 6.07) is 0. The van der Waals surface area contributed by atoms with E-state index in [9.17, 15) is 0 Å². The van der Waals surface area contributed by atoms with Crippen molar-refractivity contribution in [2.75, 3.05) is 13.1 Å². The van der Waals surface area contributed by atoms with Crippen molar-refractivity contribution in [1.82, 2.24) is 5.32 Å². The van der Waals surface area contributed by atoms with Crippen molar-refractivity contribution in [1.29, 1.82) is 0 Å². The smallest absolute Gasteiger partial charge is 0.00150 e. The zero-order valence-electron chi connectivity index (χ0n) is 7.05. The van der Waals surface area contributed by atoms with Gasteiger partial charge in [0.15, 0.2) is 0 Å². The minimum absolute atomic E-state index is 1.09. The van der Waals surface area contributed by atoms with Crippen LogP contribution in [0.2, 0.25) is 0 Å². The second kappa shape index (κ2) is 2.22. The predicted octanol–water partition coefficient (Wildman–Crippen LogP) is 1.64. The molecule has 0 radical (unpaired) electrons. The van der Waals surface area contributed by atoms with Gasteiger partial charge in [-0.3, -0.25) is 0 Å². The van der Waals surface area contributed by atoms with Gasteiger partial charge in [0.1, 0.15) is 0 Å². The highest BCUT2D eigenvalue weighted by Crippen LogP contribution is 2.59. The Balaban J connectivity index is 1.73. The molecule has 1 heterocycles. The summed E-state index contributed by atoms with van der Waals surface area (Å²) in [5.41, 5.74) is 0. The summed E-state index contributed by atoms with van der Waals surface area (Å²) in [6.07, 6.45) is 6.07. The highest BCUT2D eigenvalue weighted by atomic mass is 14.9. The maximum atomic E-state index is 3.56. The van der Waals surface area contributed by atoms with Gasteiger partial charge in [-0.25, -0.2) is 0 Å². The van der Waals surface area contributed by atoms with Crippen LogP contribution in [0.4, 0.5) is 0 Å². The molecule has 1 N–H and O–H groups in total. The minimum Gasteiger partial charge on any atom is -0.316 e. The van der Waals surface area contributed by atoms with Crippen molar-refractivity contribution in [3.8, 4) is 0 Å². The highest BCUT2D eigenvalue weighted by molar-refractivity contribution is 5.04. The van der Waals surface area contributed by atoms with Crippen LogP contribution in [0.5, 0.6) is 0 Å². The Kier molecular flexibility index (Phi) is 1.31. The molecule has 0 aromatic carbocycles. The number of nitrogens with one attached hydrogen (secondary N) is 1. The normalized spacial score (nSPS) is 54.5. The van der Waals surface area contributed by atoms with Crippen LogP contribution in [-0.4, -0.2) is 13.1 Å². The lowest BCUT2D eigenvalue weighted by molar-refractivity contribution is -0.0983. The van der Waals surface area contributed by atoms with E-state index in [1.54, 1.807) is 12.8 Å². The molecule has 1 nitrogen and oxygen atoms in total. The summed E-state index contributed by atoms with van der Waals surface area (Å²) < 4.78 is 0. The average Bonchev–Trinajstić information content (AvgIpc) is 2.13. The van der Waals surface area contributed by atoms with Crippen LogP contribution in [-0.2, 0) is 0 Å². The van der Waals surface area contributed by atoms with Crippen LogP contribution in [0.1, 0.15) is 25.7 Å². The Hall–Kier alpha value is -0.0400. The number of fused-ring (bicyclic) bond motifs is 4. The molecular formula is C10H17N. The fourth-order valence-corrected chi connectivity index (χ4v) is 3.57. The molecule has 1 aliphatic heterocycles. The Labute approximate surface area is 68.6 Å². The molecule has 62 valence electrons. The molecule has 0 aromatic rings. The highest BCUT2D eigenvalue weighted by Gasteiger charge is 2.54. The lowest BCUT2D eigenvalue weighted by atomic mass is 9.46. The molecule has 4 atom stereocenters. The Bertz CT molecular complexity index is 148. The lowest BCUT2D eigenvalue weighted by Gasteiger charge is -2.59. The summed E-state index contributed by atoms with van der Waals surface area (Å²) in [7, 11) is 0. The van der Waals surface area contributed by atoms with Crippen LogP contribution in [0.3, 0.4) is 0 Å². The van der Waals surface area contributed by atoms with E-state index in [4.69, 9.17) is 0 Å². The van der Waals surface area contributed by atoms with E-state index in [0.29, 0.717) is 0 Å². The van der Waals surface area contributed by atoms with E-state index < -0.39 is 0 Å². The van der Waals surface area contributed by atoms with Crippen LogP contribution >= 0.6 is 0 Å².